The van der Waals surface area contributed by atoms with E-state index in [1.807, 2.05) is 0 Å². The molecular formula is C23H17FN4O8S. The van der Waals surface area contributed by atoms with Crippen LogP contribution in [0.15, 0.2) is 57.5 Å². The predicted octanol–water partition coefficient (Wildman–Crippen LogP) is 2.46. The van der Waals surface area contributed by atoms with Crippen LogP contribution in [0.4, 0.5) is 15.8 Å². The fourth-order valence-electron chi connectivity index (χ4n) is 3.89. The van der Waals surface area contributed by atoms with Gasteiger partial charge >= 0.3 is 17.3 Å². The summed E-state index contributed by atoms with van der Waals surface area (Å²) in [4.78, 5) is 51.5. The molecule has 0 amide bonds. The topological polar surface area (TPSA) is 167 Å². The van der Waals surface area contributed by atoms with Gasteiger partial charge in [-0.05, 0) is 43.2 Å². The van der Waals surface area contributed by atoms with Crippen LogP contribution < -0.4 is 14.9 Å². The standard InChI is InChI=1S/C23H17FN4O8S/c1-3-36-22(31)18-11(2)25-23-26(19(18)13-4-6-14(24)7-5-13)21(30)17(37-23)10-12-8-15(27(32)33)20(29)16(9-12)28(34)35/h4-10,19,29H,3H2,1-2H3/b17-10-/t19-/m0/s1. The number of carbonyl (C=O) groups excluding carboxylic acids is 1. The van der Waals surface area contributed by atoms with Gasteiger partial charge in [0, 0.05) is 12.1 Å². The molecule has 1 aliphatic rings. The predicted molar refractivity (Wildman–Crippen MR) is 128 cm³/mol. The lowest BCUT2D eigenvalue weighted by Crippen LogP contribution is -2.39. The van der Waals surface area contributed by atoms with Crippen LogP contribution in [0.2, 0.25) is 0 Å². The molecule has 0 saturated carbocycles. The molecule has 3 aromatic rings. The number of hydrogen-bond donors (Lipinski definition) is 1. The molecule has 1 aliphatic heterocycles. The number of nitro groups is 2. The van der Waals surface area contributed by atoms with Gasteiger partial charge in [-0.25, -0.2) is 14.2 Å². The van der Waals surface area contributed by atoms with Gasteiger partial charge in [0.1, 0.15) is 5.82 Å². The summed E-state index contributed by atoms with van der Waals surface area (Å²) in [6.07, 6.45) is 1.19. The van der Waals surface area contributed by atoms with Crippen LogP contribution in [-0.4, -0.2) is 32.1 Å². The minimum absolute atomic E-state index is 0.00180. The van der Waals surface area contributed by atoms with Crippen molar-refractivity contribution in [3.05, 3.63) is 105 Å². The van der Waals surface area contributed by atoms with Gasteiger partial charge in [-0.3, -0.25) is 29.6 Å². The van der Waals surface area contributed by atoms with Crippen LogP contribution in [0.5, 0.6) is 5.75 Å². The molecule has 12 nitrogen and oxygen atoms in total. The second-order valence-corrected chi connectivity index (χ2v) is 8.78. The fourth-order valence-corrected chi connectivity index (χ4v) is 4.94. The van der Waals surface area contributed by atoms with Gasteiger partial charge in [0.05, 0.1) is 38.3 Å². The minimum Gasteiger partial charge on any atom is -0.497 e. The number of phenolic OH excluding ortho intramolecular Hbond substituents is 1. The Labute approximate surface area is 210 Å². The van der Waals surface area contributed by atoms with E-state index >= 15 is 0 Å². The number of benzene rings is 2. The van der Waals surface area contributed by atoms with E-state index in [4.69, 9.17) is 4.74 Å². The molecule has 0 aliphatic carbocycles. The Bertz CT molecular complexity index is 1640. The molecule has 4 rings (SSSR count). The number of hydrogen-bond acceptors (Lipinski definition) is 10. The van der Waals surface area contributed by atoms with E-state index in [9.17, 15) is 39.3 Å². The number of ether oxygens (including phenoxy) is 1. The number of fused-ring (bicyclic) bond motifs is 1. The number of halogens is 1. The molecule has 2 heterocycles. The second kappa shape index (κ2) is 9.73. The quantitative estimate of drug-likeness (QED) is 0.289. The number of allylic oxidation sites excluding steroid dienone is 1. The van der Waals surface area contributed by atoms with Crippen molar-refractivity contribution in [3.63, 3.8) is 0 Å². The summed E-state index contributed by atoms with van der Waals surface area (Å²) in [5, 5.41) is 32.5. The molecule has 1 atom stereocenters. The number of phenols is 1. The van der Waals surface area contributed by atoms with E-state index in [-0.39, 0.29) is 32.8 Å². The minimum atomic E-state index is -1.11. The highest BCUT2D eigenvalue weighted by Crippen LogP contribution is 2.37. The molecule has 1 aromatic heterocycles. The van der Waals surface area contributed by atoms with Crippen LogP contribution in [0.25, 0.3) is 6.08 Å². The number of aromatic hydroxyl groups is 1. The number of rotatable bonds is 6. The Morgan fingerprint density at radius 3 is 2.35 bits per heavy atom. The van der Waals surface area contributed by atoms with Crippen LogP contribution in [0.3, 0.4) is 0 Å². The van der Waals surface area contributed by atoms with E-state index in [1.54, 1.807) is 13.8 Å². The molecule has 14 heteroatoms. The van der Waals surface area contributed by atoms with Crippen molar-refractivity contribution in [2.24, 2.45) is 4.99 Å². The fraction of sp³-hybridized carbons (Fsp3) is 0.174. The average Bonchev–Trinajstić information content (AvgIpc) is 3.13. The van der Waals surface area contributed by atoms with E-state index in [1.165, 1.54) is 34.9 Å². The normalized spacial score (nSPS) is 15.2. The summed E-state index contributed by atoms with van der Waals surface area (Å²) in [6, 6.07) is 5.97. The molecule has 0 saturated heterocycles. The number of thiazole rings is 1. The number of aromatic nitrogens is 1. The van der Waals surface area contributed by atoms with Crippen molar-refractivity contribution in [3.8, 4) is 5.75 Å². The van der Waals surface area contributed by atoms with Gasteiger partial charge in [-0.2, -0.15) is 0 Å². The number of nitrogens with zero attached hydrogens (tertiary/aromatic N) is 4. The SMILES string of the molecule is CCOC(=O)C1=C(C)N=c2s/c(=C\c3cc([N+](=O)[O-])c(O)c([N+](=O)[O-])c3)c(=O)n2[C@H]1c1ccc(F)cc1. The summed E-state index contributed by atoms with van der Waals surface area (Å²) in [6.45, 7) is 3.24. The van der Waals surface area contributed by atoms with Gasteiger partial charge in [0.2, 0.25) is 0 Å². The van der Waals surface area contributed by atoms with Gasteiger partial charge < -0.3 is 9.84 Å². The third kappa shape index (κ3) is 4.61. The van der Waals surface area contributed by atoms with Crippen molar-refractivity contribution in [2.75, 3.05) is 6.61 Å². The summed E-state index contributed by atoms with van der Waals surface area (Å²) < 4.78 is 20.0. The highest BCUT2D eigenvalue weighted by molar-refractivity contribution is 7.07. The Morgan fingerprint density at radius 2 is 1.81 bits per heavy atom. The number of esters is 1. The zero-order valence-electron chi connectivity index (χ0n) is 19.2. The first-order valence-corrected chi connectivity index (χ1v) is 11.5. The summed E-state index contributed by atoms with van der Waals surface area (Å²) >= 11 is 0.888. The lowest BCUT2D eigenvalue weighted by molar-refractivity contribution is -0.396. The molecule has 0 unspecified atom stereocenters. The third-order valence-electron chi connectivity index (χ3n) is 5.49. The molecule has 0 radical (unpaired) electrons. The van der Waals surface area contributed by atoms with Crippen molar-refractivity contribution < 1.29 is 28.9 Å². The molecular weight excluding hydrogens is 511 g/mol. The zero-order chi connectivity index (χ0) is 27.0. The number of carbonyl (C=O) groups is 1. The Morgan fingerprint density at radius 1 is 1.22 bits per heavy atom. The first kappa shape index (κ1) is 25.4. The highest BCUT2D eigenvalue weighted by Gasteiger charge is 2.33. The van der Waals surface area contributed by atoms with E-state index in [0.717, 1.165) is 23.5 Å². The first-order chi connectivity index (χ1) is 17.5. The maximum atomic E-state index is 13.6. The van der Waals surface area contributed by atoms with Gasteiger partial charge in [-0.1, -0.05) is 23.5 Å². The van der Waals surface area contributed by atoms with Crippen molar-refractivity contribution >= 4 is 34.8 Å². The second-order valence-electron chi connectivity index (χ2n) is 7.78. The Balaban J connectivity index is 1.98. The molecule has 0 bridgehead atoms. The Kier molecular flexibility index (Phi) is 6.68. The third-order valence-corrected chi connectivity index (χ3v) is 6.47. The van der Waals surface area contributed by atoms with Crippen LogP contribution in [0, 0.1) is 26.0 Å². The summed E-state index contributed by atoms with van der Waals surface area (Å²) in [5.74, 6) is -2.35. The average molecular weight is 528 g/mol. The summed E-state index contributed by atoms with van der Waals surface area (Å²) in [7, 11) is 0. The van der Waals surface area contributed by atoms with E-state index in [0.29, 0.717) is 5.56 Å². The monoisotopic (exact) mass is 528 g/mol. The van der Waals surface area contributed by atoms with Crippen LogP contribution in [0.1, 0.15) is 31.0 Å². The summed E-state index contributed by atoms with van der Waals surface area (Å²) in [5.41, 5.74) is -1.79. The maximum Gasteiger partial charge on any atom is 0.338 e. The smallest absolute Gasteiger partial charge is 0.338 e. The van der Waals surface area contributed by atoms with Crippen molar-refractivity contribution in [1.29, 1.82) is 0 Å². The van der Waals surface area contributed by atoms with Gasteiger partial charge in [0.25, 0.3) is 11.3 Å². The van der Waals surface area contributed by atoms with Crippen molar-refractivity contribution in [2.45, 2.75) is 19.9 Å². The van der Waals surface area contributed by atoms with Gasteiger partial charge in [0.15, 0.2) is 4.80 Å². The first-order valence-electron chi connectivity index (χ1n) is 10.6. The molecule has 1 N–H and O–H groups in total. The highest BCUT2D eigenvalue weighted by atomic mass is 32.1. The van der Waals surface area contributed by atoms with Crippen LogP contribution >= 0.6 is 11.3 Å². The molecule has 190 valence electrons. The maximum absolute atomic E-state index is 13.6. The van der Waals surface area contributed by atoms with E-state index in [2.05, 4.69) is 4.99 Å². The lowest BCUT2D eigenvalue weighted by atomic mass is 9.96. The van der Waals surface area contributed by atoms with Crippen molar-refractivity contribution in [1.82, 2.24) is 4.57 Å². The van der Waals surface area contributed by atoms with Gasteiger partial charge in [-0.15, -0.1) is 0 Å². The lowest BCUT2D eigenvalue weighted by Gasteiger charge is -2.24. The number of nitro benzene ring substituents is 2. The van der Waals surface area contributed by atoms with Crippen LogP contribution in [-0.2, 0) is 9.53 Å². The molecule has 2 aromatic carbocycles. The zero-order valence-corrected chi connectivity index (χ0v) is 20.0. The largest absolute Gasteiger partial charge is 0.497 e. The molecule has 37 heavy (non-hydrogen) atoms. The molecule has 0 fully saturated rings. The Hall–Kier alpha value is -4.72. The molecule has 0 spiro atoms. The van der Waals surface area contributed by atoms with E-state index < -0.39 is 50.4 Å².